The van der Waals surface area contributed by atoms with Gasteiger partial charge in [-0.1, -0.05) is 44.2 Å². The molecule has 3 aliphatic rings. The highest BCUT2D eigenvalue weighted by molar-refractivity contribution is 7.90. The van der Waals surface area contributed by atoms with Crippen LogP contribution in [0.4, 0.5) is 0 Å². The van der Waals surface area contributed by atoms with E-state index >= 15 is 0 Å². The molecule has 1 aliphatic heterocycles. The van der Waals surface area contributed by atoms with Gasteiger partial charge < -0.3 is 4.74 Å². The summed E-state index contributed by atoms with van der Waals surface area (Å²) in [5.74, 6) is 0.110. The van der Waals surface area contributed by atoms with E-state index in [4.69, 9.17) is 4.74 Å². The van der Waals surface area contributed by atoms with E-state index in [9.17, 15) is 13.2 Å². The summed E-state index contributed by atoms with van der Waals surface area (Å²) in [5, 5.41) is 0. The van der Waals surface area contributed by atoms with Crippen LogP contribution in [-0.2, 0) is 26.2 Å². The lowest BCUT2D eigenvalue weighted by atomic mass is 9.69. The van der Waals surface area contributed by atoms with E-state index in [1.54, 1.807) is 0 Å². The van der Waals surface area contributed by atoms with Crippen LogP contribution in [0.1, 0.15) is 38.7 Å². The van der Waals surface area contributed by atoms with Crippen LogP contribution < -0.4 is 0 Å². The lowest BCUT2D eigenvalue weighted by Crippen LogP contribution is -2.43. The van der Waals surface area contributed by atoms with Crippen LogP contribution in [0.3, 0.4) is 0 Å². The topological polar surface area (TPSA) is 63.7 Å². The Morgan fingerprint density at radius 1 is 1.31 bits per heavy atom. The van der Waals surface area contributed by atoms with Gasteiger partial charge >= 0.3 is 0 Å². The van der Waals surface area contributed by atoms with Crippen molar-refractivity contribution in [3.05, 3.63) is 48.2 Å². The average Bonchev–Trinajstić information content (AvgIpc) is 3.07. The molecule has 4 rings (SSSR count). The van der Waals surface area contributed by atoms with Crippen LogP contribution in [-0.4, -0.2) is 30.4 Å². The van der Waals surface area contributed by atoms with Crippen LogP contribution in [0.5, 0.6) is 0 Å². The maximum Gasteiger partial charge on any atom is 0.263 e. The summed E-state index contributed by atoms with van der Waals surface area (Å²) in [4.78, 5) is 12.7. The number of hydrogen-bond acceptors (Lipinski definition) is 4. The third-order valence-corrected chi connectivity index (χ3v) is 8.94. The van der Waals surface area contributed by atoms with Crippen molar-refractivity contribution in [3.63, 3.8) is 0 Å². The minimum absolute atomic E-state index is 0.0344. The number of carbonyl (C=O) groups excluding carboxylic acids is 1. The van der Waals surface area contributed by atoms with Crippen LogP contribution in [0.15, 0.2) is 42.7 Å². The Hall–Kier alpha value is -1.82. The Morgan fingerprint density at radius 2 is 2.04 bits per heavy atom. The molecule has 2 aliphatic carbocycles. The minimum Gasteiger partial charge on any atom is -0.496 e. The summed E-state index contributed by atoms with van der Waals surface area (Å²) >= 11 is 0. The number of benzene rings is 1. The Morgan fingerprint density at radius 3 is 2.73 bits per heavy atom. The quantitative estimate of drug-likeness (QED) is 0.599. The number of rotatable bonds is 4. The highest BCUT2D eigenvalue weighted by Gasteiger charge is 2.72. The van der Waals surface area contributed by atoms with Crippen molar-refractivity contribution in [2.45, 2.75) is 45.8 Å². The Bertz CT molecular complexity index is 846. The number of fused-ring (bicyclic) bond motifs is 1. The zero-order valence-corrected chi connectivity index (χ0v) is 16.0. The number of ether oxygens (including phenoxy) is 1. The maximum atomic E-state index is 12.8. The molecule has 140 valence electrons. The summed E-state index contributed by atoms with van der Waals surface area (Å²) in [6.07, 6.45) is 5.31. The van der Waals surface area contributed by atoms with E-state index in [2.05, 4.69) is 13.8 Å². The predicted octanol–water partition coefficient (Wildman–Crippen LogP) is 3.08. The van der Waals surface area contributed by atoms with E-state index in [1.807, 2.05) is 30.3 Å². The minimum atomic E-state index is -3.57. The highest BCUT2D eigenvalue weighted by atomic mass is 32.2. The van der Waals surface area contributed by atoms with E-state index in [1.165, 1.54) is 12.3 Å². The van der Waals surface area contributed by atoms with E-state index in [0.717, 1.165) is 29.1 Å². The van der Waals surface area contributed by atoms with Crippen LogP contribution >= 0.6 is 0 Å². The first-order valence-electron chi connectivity index (χ1n) is 9.16. The summed E-state index contributed by atoms with van der Waals surface area (Å²) in [6.45, 7) is 4.69. The third kappa shape index (κ3) is 2.42. The molecule has 1 saturated heterocycles. The van der Waals surface area contributed by atoms with Crippen molar-refractivity contribution in [2.24, 2.45) is 16.7 Å². The highest BCUT2D eigenvalue weighted by Crippen LogP contribution is 2.69. The van der Waals surface area contributed by atoms with Gasteiger partial charge in [0, 0.05) is 11.5 Å². The van der Waals surface area contributed by atoms with Gasteiger partial charge in [-0.25, -0.2) is 12.7 Å². The van der Waals surface area contributed by atoms with Gasteiger partial charge in [-0.3, -0.25) is 4.79 Å². The van der Waals surface area contributed by atoms with Crippen molar-refractivity contribution >= 4 is 15.9 Å². The van der Waals surface area contributed by atoms with Crippen molar-refractivity contribution in [3.8, 4) is 0 Å². The second-order valence-corrected chi connectivity index (χ2v) is 10.2. The second kappa shape index (κ2) is 5.84. The molecule has 6 heteroatoms. The molecular weight excluding hydrogens is 350 g/mol. The van der Waals surface area contributed by atoms with Crippen LogP contribution in [0.2, 0.25) is 0 Å². The third-order valence-electron chi connectivity index (χ3n) is 7.03. The van der Waals surface area contributed by atoms with Gasteiger partial charge in [0.2, 0.25) is 10.0 Å². The lowest BCUT2D eigenvalue weighted by molar-refractivity contribution is -0.124. The van der Waals surface area contributed by atoms with E-state index in [0.29, 0.717) is 12.5 Å². The molecule has 1 aromatic rings. The Balaban J connectivity index is 1.49. The van der Waals surface area contributed by atoms with Crippen molar-refractivity contribution in [1.29, 1.82) is 0 Å². The summed E-state index contributed by atoms with van der Waals surface area (Å²) in [5.41, 5.74) is 0.672. The zero-order chi connectivity index (χ0) is 18.6. The first-order valence-corrected chi connectivity index (χ1v) is 10.8. The van der Waals surface area contributed by atoms with Crippen molar-refractivity contribution < 1.29 is 17.9 Å². The molecule has 2 bridgehead atoms. The van der Waals surface area contributed by atoms with Gasteiger partial charge in [-0.2, -0.15) is 0 Å². The van der Waals surface area contributed by atoms with Gasteiger partial charge in [-0.15, -0.1) is 0 Å². The molecule has 5 nitrogen and oxygen atoms in total. The van der Waals surface area contributed by atoms with Gasteiger partial charge in [-0.05, 0) is 36.2 Å². The first kappa shape index (κ1) is 17.6. The Labute approximate surface area is 155 Å². The normalized spacial score (nSPS) is 33.5. The van der Waals surface area contributed by atoms with Crippen molar-refractivity contribution in [2.75, 3.05) is 5.75 Å². The SMILES string of the molecule is CC1(C)C2CCC13CS(=O)(=O)N(C(=O)/C=C/OCc1ccccc1)C3C2. The molecule has 1 spiro atoms. The molecule has 1 amide bonds. The van der Waals surface area contributed by atoms with Gasteiger partial charge in [0.1, 0.15) is 6.61 Å². The number of amides is 1. The molecular formula is C20H25NO4S. The number of hydrogen-bond donors (Lipinski definition) is 0. The number of nitrogens with zero attached hydrogens (tertiary/aromatic N) is 1. The summed E-state index contributed by atoms with van der Waals surface area (Å²) in [6, 6.07) is 9.42. The second-order valence-electron chi connectivity index (χ2n) is 8.35. The Kier molecular flexibility index (Phi) is 3.95. The number of sulfonamides is 1. The summed E-state index contributed by atoms with van der Waals surface area (Å²) < 4.78 is 32.1. The fraction of sp³-hybridized carbons (Fsp3) is 0.550. The lowest BCUT2D eigenvalue weighted by Gasteiger charge is -2.36. The first-order chi connectivity index (χ1) is 12.3. The molecule has 0 aromatic heterocycles. The average molecular weight is 375 g/mol. The molecule has 3 atom stereocenters. The smallest absolute Gasteiger partial charge is 0.263 e. The summed E-state index contributed by atoms with van der Waals surface area (Å²) in [7, 11) is -3.57. The van der Waals surface area contributed by atoms with Crippen LogP contribution in [0.25, 0.3) is 0 Å². The van der Waals surface area contributed by atoms with Crippen molar-refractivity contribution in [1.82, 2.24) is 4.31 Å². The monoisotopic (exact) mass is 375 g/mol. The molecule has 0 N–H and O–H groups in total. The molecule has 1 heterocycles. The zero-order valence-electron chi connectivity index (χ0n) is 15.2. The molecule has 26 heavy (non-hydrogen) atoms. The van der Waals surface area contributed by atoms with E-state index in [-0.39, 0.29) is 22.6 Å². The van der Waals surface area contributed by atoms with Crippen LogP contribution in [0, 0.1) is 16.7 Å². The predicted molar refractivity (Wildman–Crippen MR) is 98.3 cm³/mol. The van der Waals surface area contributed by atoms with Gasteiger partial charge in [0.05, 0.1) is 18.1 Å². The molecule has 3 unspecified atom stereocenters. The molecule has 1 aromatic carbocycles. The standard InChI is InChI=1S/C20H25NO4S/c1-19(2)16-8-10-20(19)14-26(23,24)21(17(20)12-16)18(22)9-11-25-13-15-6-4-3-5-7-15/h3-7,9,11,16-17H,8,10,12-14H2,1-2H3/b11-9+. The van der Waals surface area contributed by atoms with Gasteiger partial charge in [0.25, 0.3) is 5.91 Å². The largest absolute Gasteiger partial charge is 0.496 e. The fourth-order valence-electron chi connectivity index (χ4n) is 5.48. The van der Waals surface area contributed by atoms with E-state index < -0.39 is 15.9 Å². The molecule has 3 fully saturated rings. The van der Waals surface area contributed by atoms with Gasteiger partial charge in [0.15, 0.2) is 0 Å². The molecule has 2 saturated carbocycles. The maximum absolute atomic E-state index is 12.8. The fourth-order valence-corrected chi connectivity index (χ4v) is 7.99. The molecule has 0 radical (unpaired) electrons. The number of carbonyl (C=O) groups is 1.